The van der Waals surface area contributed by atoms with Crippen LogP contribution in [0.15, 0.2) is 39.9 Å². The van der Waals surface area contributed by atoms with Crippen LogP contribution in [-0.4, -0.2) is 43.8 Å². The van der Waals surface area contributed by atoms with Crippen LogP contribution in [-0.2, 0) is 11.3 Å². The number of nitrogens with zero attached hydrogens (tertiary/aromatic N) is 5. The Balaban J connectivity index is 1.64. The summed E-state index contributed by atoms with van der Waals surface area (Å²) in [5.41, 5.74) is 3.26. The fourth-order valence-corrected chi connectivity index (χ4v) is 3.25. The third kappa shape index (κ3) is 4.13. The first kappa shape index (κ1) is 18.2. The molecule has 1 aromatic carbocycles. The Morgan fingerprint density at radius 3 is 2.69 bits per heavy atom. The predicted octanol–water partition coefficient (Wildman–Crippen LogP) is 2.93. The lowest BCUT2D eigenvalue weighted by molar-refractivity contribution is -0.127. The van der Waals surface area contributed by atoms with Gasteiger partial charge in [0.15, 0.2) is 0 Å². The van der Waals surface area contributed by atoms with Gasteiger partial charge in [-0.25, -0.2) is 0 Å². The molecular weight excluding hydrogens is 350 g/mol. The second-order valence-electron chi connectivity index (χ2n) is 6.19. The number of thioether (sulfide) groups is 1. The molecule has 136 valence electrons. The van der Waals surface area contributed by atoms with Gasteiger partial charge < -0.3 is 9.32 Å². The van der Waals surface area contributed by atoms with E-state index in [2.05, 4.69) is 22.4 Å². The molecule has 0 aliphatic carbocycles. The standard InChI is InChI=1S/C18H21N5O2S/c1-12-5-7-15(9-13(12)2)23-18(19-20-21-23)26-11-17(24)22(4)10-16-8-6-14(3)25-16/h5-9H,10-11H2,1-4H3. The van der Waals surface area contributed by atoms with E-state index in [9.17, 15) is 4.79 Å². The van der Waals surface area contributed by atoms with E-state index in [0.29, 0.717) is 11.7 Å². The van der Waals surface area contributed by atoms with Gasteiger partial charge in [0.05, 0.1) is 18.0 Å². The van der Waals surface area contributed by atoms with Crippen LogP contribution in [0.1, 0.15) is 22.6 Å². The highest BCUT2D eigenvalue weighted by Crippen LogP contribution is 2.20. The number of carbonyl (C=O) groups is 1. The number of furan rings is 1. The molecule has 8 heteroatoms. The minimum Gasteiger partial charge on any atom is -0.464 e. The average Bonchev–Trinajstić information content (AvgIpc) is 3.24. The summed E-state index contributed by atoms with van der Waals surface area (Å²) in [5, 5.41) is 12.4. The van der Waals surface area contributed by atoms with Gasteiger partial charge in [-0.1, -0.05) is 17.8 Å². The first-order chi connectivity index (χ1) is 12.4. The highest BCUT2D eigenvalue weighted by atomic mass is 32.2. The van der Waals surface area contributed by atoms with Crippen LogP contribution in [0, 0.1) is 20.8 Å². The van der Waals surface area contributed by atoms with Gasteiger partial charge in [-0.05, 0) is 66.6 Å². The molecule has 2 aromatic heterocycles. The summed E-state index contributed by atoms with van der Waals surface area (Å²) in [6, 6.07) is 9.80. The third-order valence-corrected chi connectivity index (χ3v) is 5.02. The summed E-state index contributed by atoms with van der Waals surface area (Å²) in [6.45, 7) is 6.43. The molecule has 0 atom stereocenters. The summed E-state index contributed by atoms with van der Waals surface area (Å²) in [4.78, 5) is 14.0. The van der Waals surface area contributed by atoms with E-state index in [1.807, 2.05) is 44.2 Å². The molecule has 0 spiro atoms. The quantitative estimate of drug-likeness (QED) is 0.620. The number of hydrogen-bond donors (Lipinski definition) is 0. The van der Waals surface area contributed by atoms with E-state index in [0.717, 1.165) is 17.2 Å². The molecule has 0 aliphatic heterocycles. The normalized spacial score (nSPS) is 10.9. The van der Waals surface area contributed by atoms with E-state index in [-0.39, 0.29) is 11.7 Å². The lowest BCUT2D eigenvalue weighted by Gasteiger charge is -2.15. The summed E-state index contributed by atoms with van der Waals surface area (Å²) in [6.07, 6.45) is 0. The highest BCUT2D eigenvalue weighted by molar-refractivity contribution is 7.99. The van der Waals surface area contributed by atoms with E-state index in [4.69, 9.17) is 4.42 Å². The molecule has 3 aromatic rings. The maximum Gasteiger partial charge on any atom is 0.233 e. The topological polar surface area (TPSA) is 77.1 Å². The summed E-state index contributed by atoms with van der Waals surface area (Å²) in [7, 11) is 1.76. The van der Waals surface area contributed by atoms with Gasteiger partial charge in [-0.2, -0.15) is 4.68 Å². The molecule has 3 rings (SSSR count). The molecular formula is C18H21N5O2S. The first-order valence-electron chi connectivity index (χ1n) is 8.22. The van der Waals surface area contributed by atoms with Crippen molar-refractivity contribution >= 4 is 17.7 Å². The molecule has 0 fully saturated rings. The van der Waals surface area contributed by atoms with Gasteiger partial charge >= 0.3 is 0 Å². The van der Waals surface area contributed by atoms with Crippen molar-refractivity contribution in [1.82, 2.24) is 25.1 Å². The lowest BCUT2D eigenvalue weighted by Crippen LogP contribution is -2.27. The lowest BCUT2D eigenvalue weighted by atomic mass is 10.1. The van der Waals surface area contributed by atoms with Crippen LogP contribution in [0.5, 0.6) is 0 Å². The van der Waals surface area contributed by atoms with Gasteiger partial charge in [0, 0.05) is 7.05 Å². The Bertz CT molecular complexity index is 918. The highest BCUT2D eigenvalue weighted by Gasteiger charge is 2.15. The first-order valence-corrected chi connectivity index (χ1v) is 9.20. The summed E-state index contributed by atoms with van der Waals surface area (Å²) in [5.74, 6) is 1.84. The van der Waals surface area contributed by atoms with Crippen LogP contribution in [0.2, 0.25) is 0 Å². The molecule has 1 amide bonds. The number of aryl methyl sites for hydroxylation is 3. The number of benzene rings is 1. The Morgan fingerprint density at radius 1 is 1.19 bits per heavy atom. The van der Waals surface area contributed by atoms with Crippen LogP contribution in [0.4, 0.5) is 0 Å². The molecule has 2 heterocycles. The van der Waals surface area contributed by atoms with Crippen molar-refractivity contribution in [2.75, 3.05) is 12.8 Å². The number of tetrazole rings is 1. The average molecular weight is 371 g/mol. The fraction of sp³-hybridized carbons (Fsp3) is 0.333. The van der Waals surface area contributed by atoms with Crippen LogP contribution < -0.4 is 0 Å². The predicted molar refractivity (Wildman–Crippen MR) is 99.3 cm³/mol. The molecule has 7 nitrogen and oxygen atoms in total. The van der Waals surface area contributed by atoms with Crippen molar-refractivity contribution in [3.63, 3.8) is 0 Å². The molecule has 26 heavy (non-hydrogen) atoms. The van der Waals surface area contributed by atoms with Crippen molar-refractivity contribution in [3.05, 3.63) is 53.0 Å². The van der Waals surface area contributed by atoms with Crippen LogP contribution >= 0.6 is 11.8 Å². The Labute approximate surface area is 156 Å². The van der Waals surface area contributed by atoms with Crippen molar-refractivity contribution in [3.8, 4) is 5.69 Å². The van der Waals surface area contributed by atoms with Gasteiger partial charge in [0.1, 0.15) is 11.5 Å². The van der Waals surface area contributed by atoms with Crippen molar-refractivity contribution in [2.45, 2.75) is 32.5 Å². The molecule has 0 saturated heterocycles. The van der Waals surface area contributed by atoms with E-state index >= 15 is 0 Å². The molecule has 0 unspecified atom stereocenters. The zero-order valence-corrected chi connectivity index (χ0v) is 16.1. The van der Waals surface area contributed by atoms with Crippen molar-refractivity contribution < 1.29 is 9.21 Å². The van der Waals surface area contributed by atoms with Gasteiger partial charge in [0.2, 0.25) is 11.1 Å². The third-order valence-electron chi connectivity index (χ3n) is 4.12. The largest absolute Gasteiger partial charge is 0.464 e. The minimum atomic E-state index is -0.0151. The number of rotatable bonds is 6. The smallest absolute Gasteiger partial charge is 0.233 e. The van der Waals surface area contributed by atoms with E-state index in [1.165, 1.54) is 22.9 Å². The van der Waals surface area contributed by atoms with Crippen LogP contribution in [0.25, 0.3) is 5.69 Å². The zero-order valence-electron chi connectivity index (χ0n) is 15.3. The molecule has 0 radical (unpaired) electrons. The van der Waals surface area contributed by atoms with Gasteiger partial charge in [0.25, 0.3) is 0 Å². The number of hydrogen-bond acceptors (Lipinski definition) is 6. The SMILES string of the molecule is Cc1ccc(CN(C)C(=O)CSc2nnnn2-c2ccc(C)c(C)c2)o1. The summed E-state index contributed by atoms with van der Waals surface area (Å²) < 4.78 is 7.17. The Kier molecular flexibility index (Phi) is 5.41. The van der Waals surface area contributed by atoms with E-state index in [1.54, 1.807) is 16.6 Å². The number of amides is 1. The fourth-order valence-electron chi connectivity index (χ4n) is 2.42. The second-order valence-corrected chi connectivity index (χ2v) is 7.14. The van der Waals surface area contributed by atoms with Crippen LogP contribution in [0.3, 0.4) is 0 Å². The molecule has 0 aliphatic rings. The minimum absolute atomic E-state index is 0.0151. The van der Waals surface area contributed by atoms with Gasteiger partial charge in [-0.15, -0.1) is 5.10 Å². The number of aromatic nitrogens is 4. The Morgan fingerprint density at radius 2 is 2.00 bits per heavy atom. The second kappa shape index (κ2) is 7.74. The van der Waals surface area contributed by atoms with Gasteiger partial charge in [-0.3, -0.25) is 4.79 Å². The number of carbonyl (C=O) groups excluding carboxylic acids is 1. The monoisotopic (exact) mass is 371 g/mol. The molecule has 0 N–H and O–H groups in total. The summed E-state index contributed by atoms with van der Waals surface area (Å²) >= 11 is 1.32. The van der Waals surface area contributed by atoms with Crippen molar-refractivity contribution in [1.29, 1.82) is 0 Å². The Hall–Kier alpha value is -2.61. The maximum absolute atomic E-state index is 12.4. The molecule has 0 saturated carbocycles. The van der Waals surface area contributed by atoms with Crippen molar-refractivity contribution in [2.24, 2.45) is 0 Å². The maximum atomic E-state index is 12.4. The zero-order chi connectivity index (χ0) is 18.7. The van der Waals surface area contributed by atoms with E-state index < -0.39 is 0 Å². The molecule has 0 bridgehead atoms.